The summed E-state index contributed by atoms with van der Waals surface area (Å²) in [7, 11) is -3.48. The van der Waals surface area contributed by atoms with E-state index < -0.39 is 10.0 Å². The third-order valence-corrected chi connectivity index (χ3v) is 6.63. The van der Waals surface area contributed by atoms with Crippen molar-refractivity contribution >= 4 is 37.3 Å². The normalized spacial score (nSPS) is 11.9. The molecule has 2 rings (SSSR count). The molecule has 2 aromatic heterocycles. The molecular formula is C12H17BrN4O2S2. The van der Waals surface area contributed by atoms with E-state index in [4.69, 9.17) is 5.73 Å². The summed E-state index contributed by atoms with van der Waals surface area (Å²) in [5.74, 6) is 0. The molecule has 0 aromatic carbocycles. The first kappa shape index (κ1) is 16.6. The van der Waals surface area contributed by atoms with Crippen molar-refractivity contribution in [1.82, 2.24) is 14.3 Å². The minimum atomic E-state index is -3.48. The van der Waals surface area contributed by atoms with Crippen molar-refractivity contribution < 1.29 is 8.42 Å². The van der Waals surface area contributed by atoms with Crippen molar-refractivity contribution in [1.29, 1.82) is 0 Å². The van der Waals surface area contributed by atoms with Crippen LogP contribution in [0.3, 0.4) is 0 Å². The quantitative estimate of drug-likeness (QED) is 0.671. The molecule has 3 N–H and O–H groups in total. The standard InChI is InChI=1S/C12H17BrN4O2S2/c13-12-11(7-10(8-14)20-12)21(18,19)16-3-1-2-5-17-6-4-15-9-17/h4,6-7,9,16H,1-3,5,8,14H2. The molecule has 2 heterocycles. The second-order valence-electron chi connectivity index (χ2n) is 4.46. The van der Waals surface area contributed by atoms with Crippen LogP contribution in [0.5, 0.6) is 0 Å². The molecule has 2 aromatic rings. The smallest absolute Gasteiger partial charge is 0.242 e. The van der Waals surface area contributed by atoms with Gasteiger partial charge in [0.15, 0.2) is 0 Å². The van der Waals surface area contributed by atoms with E-state index in [2.05, 4.69) is 25.6 Å². The van der Waals surface area contributed by atoms with E-state index in [9.17, 15) is 8.42 Å². The van der Waals surface area contributed by atoms with Gasteiger partial charge in [-0.1, -0.05) is 0 Å². The van der Waals surface area contributed by atoms with Gasteiger partial charge in [0.05, 0.1) is 10.1 Å². The number of aromatic nitrogens is 2. The molecule has 21 heavy (non-hydrogen) atoms. The Morgan fingerprint density at radius 1 is 1.43 bits per heavy atom. The Bertz CT molecular complexity index is 667. The van der Waals surface area contributed by atoms with E-state index in [0.717, 1.165) is 24.3 Å². The average Bonchev–Trinajstić information content (AvgIpc) is 3.07. The lowest BCUT2D eigenvalue weighted by Gasteiger charge is -2.06. The van der Waals surface area contributed by atoms with Gasteiger partial charge in [0.2, 0.25) is 10.0 Å². The van der Waals surface area contributed by atoms with Gasteiger partial charge >= 0.3 is 0 Å². The zero-order chi connectivity index (χ0) is 15.3. The van der Waals surface area contributed by atoms with Crippen molar-refractivity contribution in [2.24, 2.45) is 5.73 Å². The first-order chi connectivity index (χ1) is 10.0. The Balaban J connectivity index is 1.82. The highest BCUT2D eigenvalue weighted by atomic mass is 79.9. The Morgan fingerprint density at radius 2 is 2.24 bits per heavy atom. The van der Waals surface area contributed by atoms with Gasteiger partial charge in [-0.15, -0.1) is 11.3 Å². The lowest BCUT2D eigenvalue weighted by molar-refractivity contribution is 0.566. The van der Waals surface area contributed by atoms with Gasteiger partial charge < -0.3 is 10.3 Å². The molecule has 0 fully saturated rings. The van der Waals surface area contributed by atoms with Gasteiger partial charge in [-0.2, -0.15) is 0 Å². The highest BCUT2D eigenvalue weighted by molar-refractivity contribution is 9.11. The van der Waals surface area contributed by atoms with Crippen molar-refractivity contribution in [3.8, 4) is 0 Å². The van der Waals surface area contributed by atoms with E-state index >= 15 is 0 Å². The van der Waals surface area contributed by atoms with Crippen LogP contribution in [-0.4, -0.2) is 24.5 Å². The maximum Gasteiger partial charge on any atom is 0.242 e. The second-order valence-corrected chi connectivity index (χ2v) is 8.65. The summed E-state index contributed by atoms with van der Waals surface area (Å²) in [6.07, 6.45) is 7.02. The summed E-state index contributed by atoms with van der Waals surface area (Å²) >= 11 is 4.62. The Kier molecular flexibility index (Phi) is 5.94. The topological polar surface area (TPSA) is 90.0 Å². The first-order valence-corrected chi connectivity index (χ1v) is 9.56. The van der Waals surface area contributed by atoms with Crippen LogP contribution in [0.1, 0.15) is 17.7 Å². The second kappa shape index (κ2) is 7.50. The number of nitrogens with one attached hydrogen (secondary N) is 1. The van der Waals surface area contributed by atoms with Crippen LogP contribution in [0.2, 0.25) is 0 Å². The number of imidazole rings is 1. The molecule has 0 aliphatic rings. The molecule has 0 aliphatic carbocycles. The molecule has 0 amide bonds. The van der Waals surface area contributed by atoms with Crippen LogP contribution in [0, 0.1) is 0 Å². The minimum Gasteiger partial charge on any atom is -0.337 e. The first-order valence-electron chi connectivity index (χ1n) is 6.46. The molecule has 0 saturated carbocycles. The number of thiophene rings is 1. The van der Waals surface area contributed by atoms with Gasteiger partial charge in [0.1, 0.15) is 4.90 Å². The number of rotatable bonds is 8. The zero-order valence-corrected chi connectivity index (χ0v) is 14.5. The molecule has 0 bridgehead atoms. The molecule has 0 atom stereocenters. The maximum absolute atomic E-state index is 12.2. The van der Waals surface area contributed by atoms with Crippen molar-refractivity contribution in [3.05, 3.63) is 33.5 Å². The van der Waals surface area contributed by atoms with Crippen LogP contribution in [0.4, 0.5) is 0 Å². The van der Waals surface area contributed by atoms with Crippen LogP contribution in [-0.2, 0) is 23.1 Å². The fraction of sp³-hybridized carbons (Fsp3) is 0.417. The largest absolute Gasteiger partial charge is 0.337 e. The molecule has 116 valence electrons. The molecule has 0 spiro atoms. The third kappa shape index (κ3) is 4.62. The summed E-state index contributed by atoms with van der Waals surface area (Å²) in [4.78, 5) is 5.06. The van der Waals surface area contributed by atoms with Gasteiger partial charge in [0, 0.05) is 36.9 Å². The van der Waals surface area contributed by atoms with E-state index in [-0.39, 0.29) is 4.90 Å². The number of sulfonamides is 1. The van der Waals surface area contributed by atoms with Crippen molar-refractivity contribution in [2.45, 2.75) is 30.8 Å². The highest BCUT2D eigenvalue weighted by Gasteiger charge is 2.19. The van der Waals surface area contributed by atoms with Crippen LogP contribution in [0.25, 0.3) is 0 Å². The number of nitrogens with zero attached hydrogens (tertiary/aromatic N) is 2. The number of hydrogen-bond donors (Lipinski definition) is 2. The minimum absolute atomic E-state index is 0.266. The SMILES string of the molecule is NCc1cc(S(=O)(=O)NCCCCn2ccnc2)c(Br)s1. The summed E-state index contributed by atoms with van der Waals surface area (Å²) in [6.45, 7) is 1.59. The van der Waals surface area contributed by atoms with Gasteiger partial charge in [0.25, 0.3) is 0 Å². The predicted octanol–water partition coefficient (Wildman–Crippen LogP) is 1.92. The van der Waals surface area contributed by atoms with E-state index in [1.54, 1.807) is 18.6 Å². The van der Waals surface area contributed by atoms with Crippen LogP contribution < -0.4 is 10.5 Å². The van der Waals surface area contributed by atoms with Crippen molar-refractivity contribution in [2.75, 3.05) is 6.54 Å². The van der Waals surface area contributed by atoms with Crippen LogP contribution >= 0.6 is 27.3 Å². The molecule has 0 aliphatic heterocycles. The number of unbranched alkanes of at least 4 members (excludes halogenated alkanes) is 1. The molecule has 0 unspecified atom stereocenters. The lowest BCUT2D eigenvalue weighted by atomic mass is 10.3. The summed E-state index contributed by atoms with van der Waals surface area (Å²) in [6, 6.07) is 1.61. The Hall–Kier alpha value is -0.740. The van der Waals surface area contributed by atoms with E-state index in [1.165, 1.54) is 11.3 Å². The fourth-order valence-corrected chi connectivity index (χ4v) is 5.44. The molecule has 9 heteroatoms. The van der Waals surface area contributed by atoms with E-state index in [1.807, 2.05) is 10.8 Å². The monoisotopic (exact) mass is 392 g/mol. The van der Waals surface area contributed by atoms with Gasteiger partial charge in [-0.3, -0.25) is 0 Å². The number of aryl methyl sites for hydroxylation is 1. The lowest BCUT2D eigenvalue weighted by Crippen LogP contribution is -2.24. The third-order valence-electron chi connectivity index (χ3n) is 2.89. The van der Waals surface area contributed by atoms with E-state index in [0.29, 0.717) is 16.9 Å². The Morgan fingerprint density at radius 3 is 2.86 bits per heavy atom. The summed E-state index contributed by atoms with van der Waals surface area (Å²) in [5, 5.41) is 0. The molecule has 6 nitrogen and oxygen atoms in total. The Labute approximate surface area is 136 Å². The maximum atomic E-state index is 12.2. The zero-order valence-electron chi connectivity index (χ0n) is 11.3. The van der Waals surface area contributed by atoms with Gasteiger partial charge in [-0.05, 0) is 34.8 Å². The summed E-state index contributed by atoms with van der Waals surface area (Å²) in [5.41, 5.74) is 5.53. The van der Waals surface area contributed by atoms with Gasteiger partial charge in [-0.25, -0.2) is 18.1 Å². The van der Waals surface area contributed by atoms with Crippen LogP contribution in [0.15, 0.2) is 33.5 Å². The number of hydrogen-bond acceptors (Lipinski definition) is 5. The highest BCUT2D eigenvalue weighted by Crippen LogP contribution is 2.31. The number of halogens is 1. The van der Waals surface area contributed by atoms with Crippen molar-refractivity contribution in [3.63, 3.8) is 0 Å². The molecular weight excluding hydrogens is 376 g/mol. The summed E-state index contributed by atoms with van der Waals surface area (Å²) < 4.78 is 29.5. The molecule has 0 saturated heterocycles. The predicted molar refractivity (Wildman–Crippen MR) is 86.6 cm³/mol. The molecule has 0 radical (unpaired) electrons. The number of nitrogens with two attached hydrogens (primary N) is 1. The average molecular weight is 393 g/mol. The fourth-order valence-electron chi connectivity index (χ4n) is 1.80.